The van der Waals surface area contributed by atoms with Gasteiger partial charge in [-0.05, 0) is 62.8 Å². The molecule has 110 valence electrons. The van der Waals surface area contributed by atoms with Crippen molar-refractivity contribution in [1.29, 1.82) is 0 Å². The van der Waals surface area contributed by atoms with Crippen LogP contribution in [0.25, 0.3) is 0 Å². The van der Waals surface area contributed by atoms with E-state index in [1.165, 1.54) is 12.8 Å². The average molecular weight is 294 g/mol. The Kier molecular flexibility index (Phi) is 3.60. The molecule has 0 saturated carbocycles. The summed E-state index contributed by atoms with van der Waals surface area (Å²) in [6.45, 7) is 3.93. The molecule has 0 amide bonds. The van der Waals surface area contributed by atoms with Crippen LogP contribution < -0.4 is 10.0 Å². The van der Waals surface area contributed by atoms with Crippen LogP contribution in [0.15, 0.2) is 23.1 Å². The van der Waals surface area contributed by atoms with Gasteiger partial charge in [-0.25, -0.2) is 13.1 Å². The second kappa shape index (κ2) is 5.13. The zero-order chi connectivity index (χ0) is 14.3. The van der Waals surface area contributed by atoms with E-state index < -0.39 is 10.0 Å². The number of rotatable bonds is 3. The van der Waals surface area contributed by atoms with E-state index in [0.717, 1.165) is 24.0 Å². The number of hydrogen-bond donors (Lipinski definition) is 2. The summed E-state index contributed by atoms with van der Waals surface area (Å²) in [5.74, 6) is 0. The van der Waals surface area contributed by atoms with Crippen LogP contribution in [-0.2, 0) is 10.0 Å². The predicted octanol–water partition coefficient (Wildman–Crippen LogP) is 1.86. The second-order valence-corrected chi connectivity index (χ2v) is 7.89. The van der Waals surface area contributed by atoms with Gasteiger partial charge < -0.3 is 5.32 Å². The van der Waals surface area contributed by atoms with E-state index in [4.69, 9.17) is 0 Å². The summed E-state index contributed by atoms with van der Waals surface area (Å²) in [7, 11) is -3.40. The number of piperidine rings is 1. The lowest BCUT2D eigenvalue weighted by atomic mass is 10.0. The number of sulfonamides is 1. The highest BCUT2D eigenvalue weighted by atomic mass is 32.2. The number of benzene rings is 1. The molecule has 1 aromatic carbocycles. The zero-order valence-electron chi connectivity index (χ0n) is 12.0. The fourth-order valence-electron chi connectivity index (χ4n) is 3.32. The van der Waals surface area contributed by atoms with Gasteiger partial charge in [0.25, 0.3) is 0 Å². The van der Waals surface area contributed by atoms with E-state index >= 15 is 0 Å². The number of nitrogens with one attached hydrogen (secondary N) is 2. The molecule has 2 aliphatic heterocycles. The molecule has 2 saturated heterocycles. The molecular weight excluding hydrogens is 272 g/mol. The van der Waals surface area contributed by atoms with Gasteiger partial charge in [-0.1, -0.05) is 6.07 Å². The van der Waals surface area contributed by atoms with Gasteiger partial charge in [-0.2, -0.15) is 0 Å². The van der Waals surface area contributed by atoms with E-state index in [2.05, 4.69) is 10.0 Å². The SMILES string of the molecule is Cc1ccc(S(=O)(=O)NC2CC3CCC(C2)N3)cc1C. The fraction of sp³-hybridized carbons (Fsp3) is 0.600. The van der Waals surface area contributed by atoms with E-state index in [0.29, 0.717) is 17.0 Å². The maximum Gasteiger partial charge on any atom is 0.240 e. The molecule has 2 heterocycles. The molecule has 2 N–H and O–H groups in total. The van der Waals surface area contributed by atoms with Crippen molar-refractivity contribution in [3.8, 4) is 0 Å². The molecule has 4 nitrogen and oxygen atoms in total. The van der Waals surface area contributed by atoms with E-state index in [1.54, 1.807) is 12.1 Å². The molecule has 2 atom stereocenters. The normalized spacial score (nSPS) is 29.6. The van der Waals surface area contributed by atoms with Crippen LogP contribution in [0.1, 0.15) is 36.8 Å². The summed E-state index contributed by atoms with van der Waals surface area (Å²) in [4.78, 5) is 0.381. The van der Waals surface area contributed by atoms with Crippen LogP contribution in [0.4, 0.5) is 0 Å². The van der Waals surface area contributed by atoms with Crippen molar-refractivity contribution in [3.63, 3.8) is 0 Å². The molecule has 2 bridgehead atoms. The lowest BCUT2D eigenvalue weighted by Gasteiger charge is -2.29. The van der Waals surface area contributed by atoms with Crippen LogP contribution in [-0.4, -0.2) is 26.5 Å². The Bertz CT molecular complexity index is 600. The van der Waals surface area contributed by atoms with Crippen LogP contribution in [0.2, 0.25) is 0 Å². The third kappa shape index (κ3) is 2.75. The third-order valence-electron chi connectivity index (χ3n) is 4.58. The average Bonchev–Trinajstić information content (AvgIpc) is 2.71. The summed E-state index contributed by atoms with van der Waals surface area (Å²) in [6.07, 6.45) is 4.15. The molecule has 0 aliphatic carbocycles. The van der Waals surface area contributed by atoms with Crippen LogP contribution in [0.3, 0.4) is 0 Å². The molecule has 5 heteroatoms. The Balaban J connectivity index is 1.76. The van der Waals surface area contributed by atoms with Gasteiger partial charge in [0, 0.05) is 18.1 Å². The van der Waals surface area contributed by atoms with Crippen LogP contribution >= 0.6 is 0 Å². The Morgan fingerprint density at radius 1 is 1.10 bits per heavy atom. The topological polar surface area (TPSA) is 58.2 Å². The zero-order valence-corrected chi connectivity index (χ0v) is 12.8. The summed E-state index contributed by atoms with van der Waals surface area (Å²) < 4.78 is 27.8. The Morgan fingerprint density at radius 2 is 1.75 bits per heavy atom. The Labute approximate surface area is 121 Å². The summed E-state index contributed by atoms with van der Waals surface area (Å²) in [5.41, 5.74) is 2.13. The van der Waals surface area contributed by atoms with Gasteiger partial charge in [-0.15, -0.1) is 0 Å². The molecule has 20 heavy (non-hydrogen) atoms. The van der Waals surface area contributed by atoms with Crippen molar-refractivity contribution in [3.05, 3.63) is 29.3 Å². The summed E-state index contributed by atoms with van der Waals surface area (Å²) >= 11 is 0. The molecule has 0 spiro atoms. The summed E-state index contributed by atoms with van der Waals surface area (Å²) in [5, 5.41) is 3.53. The van der Waals surface area contributed by atoms with Gasteiger partial charge in [0.05, 0.1) is 4.90 Å². The molecule has 1 aromatic rings. The van der Waals surface area contributed by atoms with Crippen LogP contribution in [0.5, 0.6) is 0 Å². The monoisotopic (exact) mass is 294 g/mol. The van der Waals surface area contributed by atoms with Gasteiger partial charge in [0.2, 0.25) is 10.0 Å². The van der Waals surface area contributed by atoms with Gasteiger partial charge >= 0.3 is 0 Å². The highest BCUT2D eigenvalue weighted by Gasteiger charge is 2.35. The van der Waals surface area contributed by atoms with E-state index in [-0.39, 0.29) is 6.04 Å². The minimum atomic E-state index is -3.40. The van der Waals surface area contributed by atoms with Crippen molar-refractivity contribution in [1.82, 2.24) is 10.0 Å². The minimum absolute atomic E-state index is 0.0698. The quantitative estimate of drug-likeness (QED) is 0.894. The van der Waals surface area contributed by atoms with E-state index in [9.17, 15) is 8.42 Å². The first-order chi connectivity index (χ1) is 9.44. The first-order valence-electron chi connectivity index (χ1n) is 7.30. The maximum absolute atomic E-state index is 12.5. The van der Waals surface area contributed by atoms with Gasteiger partial charge in [-0.3, -0.25) is 0 Å². The first kappa shape index (κ1) is 14.0. The number of hydrogen-bond acceptors (Lipinski definition) is 3. The van der Waals surface area contributed by atoms with E-state index in [1.807, 2.05) is 19.9 Å². The number of fused-ring (bicyclic) bond motifs is 2. The van der Waals surface area contributed by atoms with Gasteiger partial charge in [0.1, 0.15) is 0 Å². The van der Waals surface area contributed by atoms with Crippen LogP contribution in [0, 0.1) is 13.8 Å². The molecule has 0 radical (unpaired) electrons. The minimum Gasteiger partial charge on any atom is -0.311 e. The van der Waals surface area contributed by atoms with Crippen molar-refractivity contribution >= 4 is 10.0 Å². The fourth-order valence-corrected chi connectivity index (χ4v) is 4.67. The van der Waals surface area contributed by atoms with Gasteiger partial charge in [0.15, 0.2) is 0 Å². The smallest absolute Gasteiger partial charge is 0.240 e. The molecule has 2 aliphatic rings. The molecule has 3 rings (SSSR count). The van der Waals surface area contributed by atoms with Crippen molar-refractivity contribution in [2.24, 2.45) is 0 Å². The van der Waals surface area contributed by atoms with Crippen molar-refractivity contribution in [2.75, 3.05) is 0 Å². The standard InChI is InChI=1S/C15H22N2O2S/c1-10-3-6-15(7-11(10)2)20(18,19)17-14-8-12-4-5-13(9-14)16-12/h3,6-7,12-14,16-17H,4-5,8-9H2,1-2H3. The third-order valence-corrected chi connectivity index (χ3v) is 6.10. The number of aryl methyl sites for hydroxylation is 2. The van der Waals surface area contributed by atoms with Crippen molar-refractivity contribution in [2.45, 2.75) is 62.6 Å². The molecule has 2 fully saturated rings. The highest BCUT2D eigenvalue weighted by molar-refractivity contribution is 7.89. The Hall–Kier alpha value is -0.910. The Morgan fingerprint density at radius 3 is 2.35 bits per heavy atom. The molecule has 2 unspecified atom stereocenters. The predicted molar refractivity (Wildman–Crippen MR) is 79.2 cm³/mol. The highest BCUT2D eigenvalue weighted by Crippen LogP contribution is 2.27. The van der Waals surface area contributed by atoms with Crippen molar-refractivity contribution < 1.29 is 8.42 Å². The largest absolute Gasteiger partial charge is 0.311 e. The molecular formula is C15H22N2O2S. The summed E-state index contributed by atoms with van der Waals surface area (Å²) in [6, 6.07) is 6.37. The maximum atomic E-state index is 12.5. The first-order valence-corrected chi connectivity index (χ1v) is 8.78. The lowest BCUT2D eigenvalue weighted by Crippen LogP contribution is -2.47. The lowest BCUT2D eigenvalue weighted by molar-refractivity contribution is 0.345. The molecule has 0 aromatic heterocycles. The second-order valence-electron chi connectivity index (χ2n) is 6.17.